The lowest BCUT2D eigenvalue weighted by atomic mass is 10.1. The Morgan fingerprint density at radius 1 is 1.32 bits per heavy atom. The van der Waals surface area contributed by atoms with Crippen LogP contribution in [0.1, 0.15) is 11.3 Å². The van der Waals surface area contributed by atoms with Crippen LogP contribution in [0.5, 0.6) is 0 Å². The van der Waals surface area contributed by atoms with Crippen LogP contribution in [0.25, 0.3) is 11.4 Å². The number of fused-ring (bicyclic) bond motifs is 1. The van der Waals surface area contributed by atoms with E-state index in [2.05, 4.69) is 31.2 Å². The van der Waals surface area contributed by atoms with E-state index in [1.54, 1.807) is 6.07 Å². The number of hydrogen-bond donors (Lipinski definition) is 2. The second-order valence-electron chi connectivity index (χ2n) is 4.42. The minimum absolute atomic E-state index is 0.160. The fourth-order valence-corrected chi connectivity index (χ4v) is 2.65. The van der Waals surface area contributed by atoms with Crippen molar-refractivity contribution in [2.24, 2.45) is 0 Å². The van der Waals surface area contributed by atoms with Gasteiger partial charge in [-0.15, -0.1) is 0 Å². The van der Waals surface area contributed by atoms with Crippen molar-refractivity contribution in [3.63, 3.8) is 0 Å². The molecule has 2 N–H and O–H groups in total. The van der Waals surface area contributed by atoms with Crippen LogP contribution in [0.3, 0.4) is 0 Å². The van der Waals surface area contributed by atoms with Gasteiger partial charge in [0, 0.05) is 29.5 Å². The molecule has 0 radical (unpaired) electrons. The average Bonchev–Trinajstić information content (AvgIpc) is 2.37. The monoisotopic (exact) mass is 323 g/mol. The second kappa shape index (κ2) is 4.86. The minimum Gasteiger partial charge on any atom is -0.312 e. The van der Waals surface area contributed by atoms with Crippen molar-refractivity contribution in [3.05, 3.63) is 50.1 Å². The van der Waals surface area contributed by atoms with Gasteiger partial charge in [0.25, 0.3) is 5.56 Å². The molecular formula is C13H11BrFN3O. The van der Waals surface area contributed by atoms with Crippen molar-refractivity contribution in [2.75, 3.05) is 6.54 Å². The van der Waals surface area contributed by atoms with Crippen molar-refractivity contribution in [2.45, 2.75) is 13.0 Å². The number of benzene rings is 1. The Morgan fingerprint density at radius 2 is 2.16 bits per heavy atom. The van der Waals surface area contributed by atoms with E-state index >= 15 is 0 Å². The molecule has 4 nitrogen and oxygen atoms in total. The molecule has 0 bridgehead atoms. The number of aromatic amines is 1. The highest BCUT2D eigenvalue weighted by molar-refractivity contribution is 9.10. The van der Waals surface area contributed by atoms with Crippen molar-refractivity contribution in [1.29, 1.82) is 0 Å². The van der Waals surface area contributed by atoms with Gasteiger partial charge < -0.3 is 10.3 Å². The molecule has 2 aromatic rings. The third-order valence-corrected chi connectivity index (χ3v) is 3.54. The topological polar surface area (TPSA) is 57.8 Å². The van der Waals surface area contributed by atoms with Crippen LogP contribution in [-0.2, 0) is 13.0 Å². The highest BCUT2D eigenvalue weighted by atomic mass is 79.9. The fraction of sp³-hybridized carbons (Fsp3) is 0.231. The summed E-state index contributed by atoms with van der Waals surface area (Å²) in [5, 5.41) is 3.13. The lowest BCUT2D eigenvalue weighted by Gasteiger charge is -2.16. The van der Waals surface area contributed by atoms with Gasteiger partial charge in [0.1, 0.15) is 11.6 Å². The zero-order valence-corrected chi connectivity index (χ0v) is 11.6. The molecule has 1 aromatic heterocycles. The number of hydrogen-bond acceptors (Lipinski definition) is 3. The number of aromatic nitrogens is 2. The Kier molecular flexibility index (Phi) is 3.20. The van der Waals surface area contributed by atoms with Gasteiger partial charge in [0.05, 0.1) is 11.3 Å². The number of H-pyrrole nitrogens is 1. The molecular weight excluding hydrogens is 313 g/mol. The van der Waals surface area contributed by atoms with E-state index in [0.29, 0.717) is 34.4 Å². The molecule has 1 aromatic carbocycles. The van der Waals surface area contributed by atoms with Crippen LogP contribution in [0.15, 0.2) is 27.5 Å². The first kappa shape index (κ1) is 12.5. The van der Waals surface area contributed by atoms with Crippen LogP contribution in [0.4, 0.5) is 4.39 Å². The van der Waals surface area contributed by atoms with E-state index in [1.165, 1.54) is 12.1 Å². The lowest BCUT2D eigenvalue weighted by Crippen LogP contribution is -2.31. The molecule has 0 fully saturated rings. The molecule has 2 heterocycles. The van der Waals surface area contributed by atoms with E-state index in [4.69, 9.17) is 0 Å². The van der Waals surface area contributed by atoms with Gasteiger partial charge in [-0.2, -0.15) is 0 Å². The molecule has 0 saturated carbocycles. The Labute approximate surface area is 117 Å². The third-order valence-electron chi connectivity index (χ3n) is 3.08. The van der Waals surface area contributed by atoms with Crippen LogP contribution in [0.2, 0.25) is 0 Å². The predicted molar refractivity (Wildman–Crippen MR) is 73.4 cm³/mol. The molecule has 0 atom stereocenters. The Balaban J connectivity index is 2.15. The fourth-order valence-electron chi connectivity index (χ4n) is 2.18. The summed E-state index contributed by atoms with van der Waals surface area (Å²) in [5.41, 5.74) is 1.86. The summed E-state index contributed by atoms with van der Waals surface area (Å²) < 4.78 is 14.0. The third kappa shape index (κ3) is 2.46. The summed E-state index contributed by atoms with van der Waals surface area (Å²) in [6.45, 7) is 1.33. The van der Waals surface area contributed by atoms with Gasteiger partial charge in [0.2, 0.25) is 0 Å². The molecule has 19 heavy (non-hydrogen) atoms. The molecule has 1 aliphatic heterocycles. The maximum absolute atomic E-state index is 13.4. The summed E-state index contributed by atoms with van der Waals surface area (Å²) in [6, 6.07) is 4.45. The van der Waals surface area contributed by atoms with Crippen molar-refractivity contribution >= 4 is 15.9 Å². The van der Waals surface area contributed by atoms with Crippen molar-refractivity contribution in [3.8, 4) is 11.4 Å². The Bertz CT molecular complexity index is 679. The van der Waals surface area contributed by atoms with E-state index in [-0.39, 0.29) is 11.4 Å². The second-order valence-corrected chi connectivity index (χ2v) is 5.34. The molecule has 0 aliphatic carbocycles. The summed E-state index contributed by atoms with van der Waals surface area (Å²) >= 11 is 3.23. The van der Waals surface area contributed by atoms with Gasteiger partial charge in [-0.25, -0.2) is 9.37 Å². The zero-order valence-electron chi connectivity index (χ0n) is 9.96. The minimum atomic E-state index is -0.369. The SMILES string of the molecule is O=c1[nH]c(-c2cc(F)cc(Br)c2)nc2c1CNCC2. The Morgan fingerprint density at radius 3 is 2.95 bits per heavy atom. The van der Waals surface area contributed by atoms with Crippen molar-refractivity contribution < 1.29 is 4.39 Å². The maximum atomic E-state index is 13.4. The standard InChI is InChI=1S/C13H11BrFN3O/c14-8-3-7(4-9(15)5-8)12-17-11-1-2-16-6-10(11)13(19)18-12/h3-5,16H,1-2,6H2,(H,17,18,19). The molecule has 3 rings (SSSR count). The highest BCUT2D eigenvalue weighted by Gasteiger charge is 2.16. The van der Waals surface area contributed by atoms with Gasteiger partial charge >= 0.3 is 0 Å². The summed E-state index contributed by atoms with van der Waals surface area (Å²) in [5.74, 6) is 0.0391. The molecule has 1 aliphatic rings. The first-order valence-electron chi connectivity index (χ1n) is 5.93. The number of halogens is 2. The van der Waals surface area contributed by atoms with Gasteiger partial charge in [0.15, 0.2) is 0 Å². The number of rotatable bonds is 1. The molecule has 98 valence electrons. The number of nitrogens with one attached hydrogen (secondary N) is 2. The first-order valence-corrected chi connectivity index (χ1v) is 6.72. The molecule has 0 unspecified atom stereocenters. The number of nitrogens with zero attached hydrogens (tertiary/aromatic N) is 1. The normalized spacial score (nSPS) is 14.2. The zero-order chi connectivity index (χ0) is 13.4. The molecule has 0 amide bonds. The largest absolute Gasteiger partial charge is 0.312 e. The van der Waals surface area contributed by atoms with E-state index in [1.807, 2.05) is 0 Å². The molecule has 0 spiro atoms. The van der Waals surface area contributed by atoms with Crippen LogP contribution in [0, 0.1) is 5.82 Å². The maximum Gasteiger partial charge on any atom is 0.255 e. The van der Waals surface area contributed by atoms with E-state index < -0.39 is 0 Å². The van der Waals surface area contributed by atoms with Crippen molar-refractivity contribution in [1.82, 2.24) is 15.3 Å². The molecule has 6 heteroatoms. The summed E-state index contributed by atoms with van der Waals surface area (Å²) in [4.78, 5) is 19.1. The predicted octanol–water partition coefficient (Wildman–Crippen LogP) is 1.98. The highest BCUT2D eigenvalue weighted by Crippen LogP contribution is 2.22. The summed E-state index contributed by atoms with van der Waals surface area (Å²) in [6.07, 6.45) is 0.711. The Hall–Kier alpha value is -1.53. The van der Waals surface area contributed by atoms with Gasteiger partial charge in [-0.05, 0) is 18.2 Å². The smallest absolute Gasteiger partial charge is 0.255 e. The van der Waals surface area contributed by atoms with Crippen LogP contribution >= 0.6 is 15.9 Å². The summed E-state index contributed by atoms with van der Waals surface area (Å²) in [7, 11) is 0. The average molecular weight is 324 g/mol. The molecule has 0 saturated heterocycles. The lowest BCUT2D eigenvalue weighted by molar-refractivity contribution is 0.620. The van der Waals surface area contributed by atoms with Crippen LogP contribution < -0.4 is 10.9 Å². The first-order chi connectivity index (χ1) is 9.13. The van der Waals surface area contributed by atoms with E-state index in [9.17, 15) is 9.18 Å². The van der Waals surface area contributed by atoms with Gasteiger partial charge in [-0.1, -0.05) is 15.9 Å². The van der Waals surface area contributed by atoms with Gasteiger partial charge in [-0.3, -0.25) is 4.79 Å². The van der Waals surface area contributed by atoms with E-state index in [0.717, 1.165) is 12.2 Å². The quantitative estimate of drug-likeness (QED) is 0.843. The van der Waals surface area contributed by atoms with Crippen LogP contribution in [-0.4, -0.2) is 16.5 Å².